The molecule has 0 aliphatic heterocycles. The van der Waals surface area contributed by atoms with E-state index < -0.39 is 17.9 Å². The van der Waals surface area contributed by atoms with Crippen molar-refractivity contribution in [3.63, 3.8) is 0 Å². The van der Waals surface area contributed by atoms with Gasteiger partial charge in [-0.25, -0.2) is 0 Å². The van der Waals surface area contributed by atoms with Gasteiger partial charge in [0, 0.05) is 6.92 Å². The number of hydrogen-bond donors (Lipinski definition) is 3. The maximum atomic E-state index is 12.3. The van der Waals surface area contributed by atoms with Crippen molar-refractivity contribution in [3.05, 3.63) is 29.8 Å². The van der Waals surface area contributed by atoms with Gasteiger partial charge in [0.05, 0.1) is 11.3 Å². The smallest absolute Gasteiger partial charge is 0.254 e. The van der Waals surface area contributed by atoms with Gasteiger partial charge in [0.25, 0.3) is 5.91 Å². The van der Waals surface area contributed by atoms with E-state index >= 15 is 0 Å². The van der Waals surface area contributed by atoms with E-state index in [1.807, 2.05) is 0 Å². The molecule has 0 aromatic heterocycles. The van der Waals surface area contributed by atoms with Crippen LogP contribution in [0, 0.1) is 5.92 Å². The zero-order valence-electron chi connectivity index (χ0n) is 11.9. The molecular formula is C15H19N3O3. The minimum absolute atomic E-state index is 0.264. The van der Waals surface area contributed by atoms with E-state index in [1.165, 1.54) is 6.92 Å². The summed E-state index contributed by atoms with van der Waals surface area (Å²) in [6, 6.07) is 5.97. The van der Waals surface area contributed by atoms with Crippen molar-refractivity contribution in [1.82, 2.24) is 5.32 Å². The summed E-state index contributed by atoms with van der Waals surface area (Å²) >= 11 is 0. The Balaban J connectivity index is 2.11. The van der Waals surface area contributed by atoms with E-state index in [1.54, 1.807) is 24.3 Å². The molecule has 21 heavy (non-hydrogen) atoms. The van der Waals surface area contributed by atoms with Crippen molar-refractivity contribution in [2.75, 3.05) is 5.32 Å². The first-order chi connectivity index (χ1) is 9.97. The van der Waals surface area contributed by atoms with Crippen LogP contribution in [0.2, 0.25) is 0 Å². The van der Waals surface area contributed by atoms with Crippen LogP contribution < -0.4 is 16.4 Å². The quantitative estimate of drug-likeness (QED) is 0.729. The number of benzene rings is 1. The van der Waals surface area contributed by atoms with Gasteiger partial charge in [0.15, 0.2) is 0 Å². The van der Waals surface area contributed by atoms with Crippen LogP contribution in [-0.2, 0) is 9.59 Å². The Kier molecular flexibility index (Phi) is 4.57. The largest absolute Gasteiger partial charge is 0.368 e. The molecule has 0 bridgehead atoms. The lowest BCUT2D eigenvalue weighted by molar-refractivity contribution is -0.120. The van der Waals surface area contributed by atoms with Crippen LogP contribution in [0.1, 0.15) is 36.5 Å². The molecule has 4 N–H and O–H groups in total. The first kappa shape index (κ1) is 15.0. The van der Waals surface area contributed by atoms with E-state index in [4.69, 9.17) is 5.73 Å². The Hall–Kier alpha value is -2.37. The predicted octanol–water partition coefficient (Wildman–Crippen LogP) is 1.03. The van der Waals surface area contributed by atoms with Gasteiger partial charge < -0.3 is 16.4 Å². The van der Waals surface area contributed by atoms with Gasteiger partial charge in [0.1, 0.15) is 6.04 Å². The Bertz CT molecular complexity index is 567. The molecule has 0 unspecified atom stereocenters. The summed E-state index contributed by atoms with van der Waals surface area (Å²) in [6.07, 6.45) is 2.72. The second-order valence-electron chi connectivity index (χ2n) is 5.33. The molecule has 6 nitrogen and oxygen atoms in total. The van der Waals surface area contributed by atoms with Crippen LogP contribution in [0.15, 0.2) is 24.3 Å². The van der Waals surface area contributed by atoms with Gasteiger partial charge in [-0.1, -0.05) is 25.0 Å². The minimum atomic E-state index is -0.671. The lowest BCUT2D eigenvalue weighted by atomic mass is 10.1. The number of nitrogens with one attached hydrogen (secondary N) is 2. The first-order valence-electron chi connectivity index (χ1n) is 6.94. The number of amides is 3. The van der Waals surface area contributed by atoms with Crippen LogP contribution in [0.5, 0.6) is 0 Å². The Morgan fingerprint density at radius 2 is 1.95 bits per heavy atom. The van der Waals surface area contributed by atoms with Crippen LogP contribution in [0.3, 0.4) is 0 Å². The van der Waals surface area contributed by atoms with E-state index in [0.29, 0.717) is 23.6 Å². The first-order valence-corrected chi connectivity index (χ1v) is 6.94. The molecule has 3 amide bonds. The Morgan fingerprint density at radius 1 is 1.29 bits per heavy atom. The summed E-state index contributed by atoms with van der Waals surface area (Å²) in [4.78, 5) is 34.9. The summed E-state index contributed by atoms with van der Waals surface area (Å²) < 4.78 is 0. The molecule has 0 radical (unpaired) electrons. The SMILES string of the molecule is CC(=O)Nc1ccccc1C(=O)N[C@@H](CC1CC1)C(N)=O. The van der Waals surface area contributed by atoms with Gasteiger partial charge in [0.2, 0.25) is 11.8 Å². The van der Waals surface area contributed by atoms with Crippen LogP contribution in [0.25, 0.3) is 0 Å². The summed E-state index contributed by atoms with van der Waals surface area (Å²) in [7, 11) is 0. The maximum absolute atomic E-state index is 12.3. The molecule has 1 saturated carbocycles. The van der Waals surface area contributed by atoms with Crippen molar-refractivity contribution >= 4 is 23.4 Å². The van der Waals surface area contributed by atoms with Gasteiger partial charge in [-0.15, -0.1) is 0 Å². The van der Waals surface area contributed by atoms with E-state index in [9.17, 15) is 14.4 Å². The molecule has 1 aromatic rings. The van der Waals surface area contributed by atoms with E-state index in [-0.39, 0.29) is 5.91 Å². The molecule has 1 aromatic carbocycles. The predicted molar refractivity (Wildman–Crippen MR) is 78.5 cm³/mol. The molecule has 0 saturated heterocycles. The molecule has 0 spiro atoms. The highest BCUT2D eigenvalue weighted by Gasteiger charge is 2.29. The molecular weight excluding hydrogens is 270 g/mol. The Morgan fingerprint density at radius 3 is 2.52 bits per heavy atom. The highest BCUT2D eigenvalue weighted by Crippen LogP contribution is 2.33. The molecule has 1 fully saturated rings. The highest BCUT2D eigenvalue weighted by atomic mass is 16.2. The summed E-state index contributed by atoms with van der Waals surface area (Å²) in [5.41, 5.74) is 6.06. The van der Waals surface area contributed by atoms with Crippen LogP contribution in [0.4, 0.5) is 5.69 Å². The van der Waals surface area contributed by atoms with E-state index in [2.05, 4.69) is 10.6 Å². The monoisotopic (exact) mass is 289 g/mol. The van der Waals surface area contributed by atoms with E-state index in [0.717, 1.165) is 12.8 Å². The molecule has 2 rings (SSSR count). The number of para-hydroxylation sites is 1. The number of nitrogens with two attached hydrogens (primary N) is 1. The number of primary amides is 1. The highest BCUT2D eigenvalue weighted by molar-refractivity contribution is 6.04. The normalized spacial score (nSPS) is 15.1. The summed E-state index contributed by atoms with van der Waals surface area (Å²) in [6.45, 7) is 1.37. The fraction of sp³-hybridized carbons (Fsp3) is 0.400. The van der Waals surface area contributed by atoms with Crippen molar-refractivity contribution in [2.45, 2.75) is 32.2 Å². The standard InChI is InChI=1S/C15H19N3O3/c1-9(19)17-12-5-3-2-4-11(12)15(21)18-13(14(16)20)8-10-6-7-10/h2-5,10,13H,6-8H2,1H3,(H2,16,20)(H,17,19)(H,18,21)/t13-/m0/s1. The van der Waals surface area contributed by atoms with Crippen molar-refractivity contribution in [1.29, 1.82) is 0 Å². The number of anilines is 1. The zero-order valence-corrected chi connectivity index (χ0v) is 11.9. The topological polar surface area (TPSA) is 101 Å². The van der Waals surface area contributed by atoms with Crippen molar-refractivity contribution < 1.29 is 14.4 Å². The molecule has 1 atom stereocenters. The van der Waals surface area contributed by atoms with Gasteiger partial charge in [-0.2, -0.15) is 0 Å². The van der Waals surface area contributed by atoms with Gasteiger partial charge in [-0.3, -0.25) is 14.4 Å². The van der Waals surface area contributed by atoms with Gasteiger partial charge >= 0.3 is 0 Å². The number of carbonyl (C=O) groups excluding carboxylic acids is 3. The molecule has 1 aliphatic carbocycles. The van der Waals surface area contributed by atoms with Crippen molar-refractivity contribution in [2.24, 2.45) is 11.7 Å². The maximum Gasteiger partial charge on any atom is 0.254 e. The molecule has 0 heterocycles. The third-order valence-electron chi connectivity index (χ3n) is 3.40. The van der Waals surface area contributed by atoms with Gasteiger partial charge in [-0.05, 0) is 24.5 Å². The third kappa shape index (κ3) is 4.30. The second-order valence-corrected chi connectivity index (χ2v) is 5.33. The molecule has 6 heteroatoms. The van der Waals surface area contributed by atoms with Crippen LogP contribution in [-0.4, -0.2) is 23.8 Å². The van der Waals surface area contributed by atoms with Crippen LogP contribution >= 0.6 is 0 Å². The average Bonchev–Trinajstić information content (AvgIpc) is 3.21. The molecule has 112 valence electrons. The zero-order chi connectivity index (χ0) is 15.4. The lowest BCUT2D eigenvalue weighted by Gasteiger charge is -2.16. The number of rotatable bonds is 6. The fourth-order valence-electron chi connectivity index (χ4n) is 2.15. The lowest BCUT2D eigenvalue weighted by Crippen LogP contribution is -2.44. The minimum Gasteiger partial charge on any atom is -0.368 e. The molecule has 1 aliphatic rings. The summed E-state index contributed by atoms with van der Waals surface area (Å²) in [5.74, 6) is -0.746. The fourth-order valence-corrected chi connectivity index (χ4v) is 2.15. The number of hydrogen-bond acceptors (Lipinski definition) is 3. The summed E-state index contributed by atoms with van der Waals surface area (Å²) in [5, 5.41) is 5.25. The second kappa shape index (κ2) is 6.39. The third-order valence-corrected chi connectivity index (χ3v) is 3.40. The Labute approximate surface area is 123 Å². The van der Waals surface area contributed by atoms with Crippen molar-refractivity contribution in [3.8, 4) is 0 Å². The number of carbonyl (C=O) groups is 3. The average molecular weight is 289 g/mol.